The Hall–Kier alpha value is -0.330. The van der Waals surface area contributed by atoms with Crippen molar-refractivity contribution in [2.75, 3.05) is 26.2 Å². The van der Waals surface area contributed by atoms with E-state index in [9.17, 15) is 13.2 Å². The molecule has 0 atom stereocenters. The second-order valence-corrected chi connectivity index (χ2v) is 4.12. The van der Waals surface area contributed by atoms with E-state index in [1.54, 1.807) is 0 Å². The van der Waals surface area contributed by atoms with Crippen LogP contribution in [0.25, 0.3) is 0 Å². The van der Waals surface area contributed by atoms with Gasteiger partial charge in [-0.3, -0.25) is 9.64 Å². The fourth-order valence-corrected chi connectivity index (χ4v) is 1.95. The van der Waals surface area contributed by atoms with Gasteiger partial charge in [0.15, 0.2) is 0 Å². The summed E-state index contributed by atoms with van der Waals surface area (Å²) in [6.07, 6.45) is -2.60. The molecule has 90 valence electrons. The SMILES string of the molecule is CCCC1(N)CN(CCOC(F)(F)F)C1. The Kier molecular flexibility index (Phi) is 3.97. The van der Waals surface area contributed by atoms with Crippen molar-refractivity contribution in [3.8, 4) is 0 Å². The highest BCUT2D eigenvalue weighted by molar-refractivity contribution is 4.99. The first-order chi connectivity index (χ1) is 6.85. The van der Waals surface area contributed by atoms with E-state index in [2.05, 4.69) is 4.74 Å². The van der Waals surface area contributed by atoms with Crippen molar-refractivity contribution in [2.24, 2.45) is 5.73 Å². The fraction of sp³-hybridized carbons (Fsp3) is 1.00. The Bertz CT molecular complexity index is 202. The van der Waals surface area contributed by atoms with Crippen LogP contribution >= 0.6 is 0 Å². The van der Waals surface area contributed by atoms with Gasteiger partial charge in [0, 0.05) is 25.2 Å². The van der Waals surface area contributed by atoms with Gasteiger partial charge in [-0.15, -0.1) is 13.2 Å². The lowest BCUT2D eigenvalue weighted by atomic mass is 9.86. The van der Waals surface area contributed by atoms with Crippen LogP contribution in [0.1, 0.15) is 19.8 Å². The normalized spacial score (nSPS) is 21.4. The maximum Gasteiger partial charge on any atom is 0.522 e. The lowest BCUT2D eigenvalue weighted by molar-refractivity contribution is -0.325. The lowest BCUT2D eigenvalue weighted by Gasteiger charge is -2.47. The maximum absolute atomic E-state index is 11.6. The zero-order valence-electron chi connectivity index (χ0n) is 8.81. The van der Waals surface area contributed by atoms with Crippen molar-refractivity contribution in [3.05, 3.63) is 0 Å². The number of likely N-dealkylation sites (tertiary alicyclic amines) is 1. The molecule has 0 spiro atoms. The summed E-state index contributed by atoms with van der Waals surface area (Å²) < 4.78 is 38.6. The summed E-state index contributed by atoms with van der Waals surface area (Å²) in [5, 5.41) is 0. The molecule has 0 saturated carbocycles. The van der Waals surface area contributed by atoms with Crippen LogP contribution in [0.3, 0.4) is 0 Å². The Morgan fingerprint density at radius 3 is 2.47 bits per heavy atom. The summed E-state index contributed by atoms with van der Waals surface area (Å²) in [4.78, 5) is 1.88. The van der Waals surface area contributed by atoms with Gasteiger partial charge in [-0.25, -0.2) is 0 Å². The largest absolute Gasteiger partial charge is 0.522 e. The van der Waals surface area contributed by atoms with Gasteiger partial charge in [-0.2, -0.15) is 0 Å². The molecular weight excluding hydrogens is 209 g/mol. The summed E-state index contributed by atoms with van der Waals surface area (Å²) in [6, 6.07) is 0. The molecule has 1 heterocycles. The smallest absolute Gasteiger partial charge is 0.323 e. The van der Waals surface area contributed by atoms with Crippen LogP contribution in [0.2, 0.25) is 0 Å². The van der Waals surface area contributed by atoms with E-state index in [0.717, 1.165) is 12.8 Å². The fourth-order valence-electron chi connectivity index (χ4n) is 1.95. The number of nitrogens with two attached hydrogens (primary N) is 1. The minimum Gasteiger partial charge on any atom is -0.323 e. The van der Waals surface area contributed by atoms with Gasteiger partial charge in [-0.05, 0) is 6.42 Å². The van der Waals surface area contributed by atoms with Crippen LogP contribution < -0.4 is 5.73 Å². The van der Waals surface area contributed by atoms with Gasteiger partial charge >= 0.3 is 6.36 Å². The predicted molar refractivity (Wildman–Crippen MR) is 50.3 cm³/mol. The Morgan fingerprint density at radius 1 is 1.40 bits per heavy atom. The van der Waals surface area contributed by atoms with Crippen molar-refractivity contribution in [1.82, 2.24) is 4.90 Å². The monoisotopic (exact) mass is 226 g/mol. The van der Waals surface area contributed by atoms with Crippen LogP contribution in [0.4, 0.5) is 13.2 Å². The predicted octanol–water partition coefficient (Wildman–Crippen LogP) is 1.34. The molecule has 1 aliphatic heterocycles. The molecule has 3 nitrogen and oxygen atoms in total. The molecule has 1 fully saturated rings. The van der Waals surface area contributed by atoms with Crippen LogP contribution in [0.15, 0.2) is 0 Å². The number of hydrogen-bond donors (Lipinski definition) is 1. The average molecular weight is 226 g/mol. The molecule has 0 aromatic rings. The van der Waals surface area contributed by atoms with E-state index in [1.807, 2.05) is 11.8 Å². The Labute approximate surface area is 87.4 Å². The first kappa shape index (κ1) is 12.7. The summed E-state index contributed by atoms with van der Waals surface area (Å²) in [6.45, 7) is 3.36. The molecule has 0 unspecified atom stereocenters. The third-order valence-corrected chi connectivity index (χ3v) is 2.50. The zero-order chi connectivity index (χ0) is 11.5. The van der Waals surface area contributed by atoms with Gasteiger partial charge in [0.2, 0.25) is 0 Å². The molecule has 0 aromatic heterocycles. The molecule has 0 aromatic carbocycles. The molecule has 1 saturated heterocycles. The van der Waals surface area contributed by atoms with Gasteiger partial charge in [0.25, 0.3) is 0 Å². The van der Waals surface area contributed by atoms with Crippen molar-refractivity contribution >= 4 is 0 Å². The standard InChI is InChI=1S/C9H17F3N2O/c1-2-3-8(13)6-14(7-8)4-5-15-9(10,11)12/h2-7,13H2,1H3. The molecule has 2 N–H and O–H groups in total. The topological polar surface area (TPSA) is 38.5 Å². The molecule has 6 heteroatoms. The first-order valence-electron chi connectivity index (χ1n) is 5.06. The highest BCUT2D eigenvalue weighted by Crippen LogP contribution is 2.23. The quantitative estimate of drug-likeness (QED) is 0.768. The van der Waals surface area contributed by atoms with Crippen molar-refractivity contribution < 1.29 is 17.9 Å². The Balaban J connectivity index is 2.08. The van der Waals surface area contributed by atoms with Crippen molar-refractivity contribution in [1.29, 1.82) is 0 Å². The number of hydrogen-bond acceptors (Lipinski definition) is 3. The summed E-state index contributed by atoms with van der Waals surface area (Å²) in [5.74, 6) is 0. The van der Waals surface area contributed by atoms with E-state index in [4.69, 9.17) is 5.73 Å². The first-order valence-corrected chi connectivity index (χ1v) is 5.06. The number of rotatable bonds is 5. The van der Waals surface area contributed by atoms with E-state index < -0.39 is 6.36 Å². The summed E-state index contributed by atoms with van der Waals surface area (Å²) in [7, 11) is 0. The average Bonchev–Trinajstić information content (AvgIpc) is 1.99. The van der Waals surface area contributed by atoms with Crippen LogP contribution in [0.5, 0.6) is 0 Å². The minimum absolute atomic E-state index is 0.188. The summed E-state index contributed by atoms with van der Waals surface area (Å²) in [5.41, 5.74) is 5.77. The van der Waals surface area contributed by atoms with Gasteiger partial charge in [-0.1, -0.05) is 13.3 Å². The second kappa shape index (κ2) is 4.67. The van der Waals surface area contributed by atoms with Gasteiger partial charge < -0.3 is 5.73 Å². The molecule has 0 aliphatic carbocycles. The molecule has 15 heavy (non-hydrogen) atoms. The lowest BCUT2D eigenvalue weighted by Crippen LogP contribution is -2.67. The molecule has 0 radical (unpaired) electrons. The number of halogens is 3. The number of alkyl halides is 3. The molecule has 0 amide bonds. The molecule has 1 aliphatic rings. The van der Waals surface area contributed by atoms with Crippen LogP contribution in [-0.4, -0.2) is 43.0 Å². The van der Waals surface area contributed by atoms with E-state index in [-0.39, 0.29) is 12.1 Å². The number of nitrogens with zero attached hydrogens (tertiary/aromatic N) is 1. The molecule has 1 rings (SSSR count). The van der Waals surface area contributed by atoms with Gasteiger partial charge in [0.1, 0.15) is 0 Å². The van der Waals surface area contributed by atoms with Crippen molar-refractivity contribution in [2.45, 2.75) is 31.7 Å². The van der Waals surface area contributed by atoms with E-state index >= 15 is 0 Å². The maximum atomic E-state index is 11.6. The van der Waals surface area contributed by atoms with E-state index in [0.29, 0.717) is 19.6 Å². The third kappa shape index (κ3) is 4.36. The van der Waals surface area contributed by atoms with Gasteiger partial charge in [0.05, 0.1) is 6.61 Å². The molecule has 0 bridgehead atoms. The molecular formula is C9H17F3N2O. The number of ether oxygens (including phenoxy) is 1. The van der Waals surface area contributed by atoms with Crippen LogP contribution in [0, 0.1) is 0 Å². The Morgan fingerprint density at radius 2 is 2.00 bits per heavy atom. The second-order valence-electron chi connectivity index (χ2n) is 4.12. The minimum atomic E-state index is -4.52. The third-order valence-electron chi connectivity index (χ3n) is 2.50. The zero-order valence-corrected chi connectivity index (χ0v) is 8.81. The van der Waals surface area contributed by atoms with E-state index in [1.165, 1.54) is 0 Å². The van der Waals surface area contributed by atoms with Crippen molar-refractivity contribution in [3.63, 3.8) is 0 Å². The summed E-state index contributed by atoms with van der Waals surface area (Å²) >= 11 is 0. The highest BCUT2D eigenvalue weighted by Gasteiger charge is 2.38. The van der Waals surface area contributed by atoms with Crippen LogP contribution in [-0.2, 0) is 4.74 Å². The highest BCUT2D eigenvalue weighted by atomic mass is 19.4.